The average Bonchev–Trinajstić information content (AvgIpc) is 3.32. The molecule has 0 saturated carbocycles. The van der Waals surface area contributed by atoms with Crippen LogP contribution < -0.4 is 9.46 Å². The van der Waals surface area contributed by atoms with E-state index in [0.29, 0.717) is 38.1 Å². The van der Waals surface area contributed by atoms with E-state index in [4.69, 9.17) is 9.15 Å². The predicted octanol–water partition coefficient (Wildman–Crippen LogP) is 1.80. The van der Waals surface area contributed by atoms with Crippen molar-refractivity contribution in [1.29, 1.82) is 0 Å². The van der Waals surface area contributed by atoms with Gasteiger partial charge in [-0.05, 0) is 42.7 Å². The standard InChI is InChI=1S/C18H20N2O5S/c21-18(14-5-9-24-12-14)20-7-3-15(4-8-20)19-26(22,23)16-1-2-17-13(11-16)6-10-25-17/h1-2,5,9,11-12,15,19H,3-4,6-8,10H2. The van der Waals surface area contributed by atoms with Gasteiger partial charge in [0.2, 0.25) is 10.0 Å². The van der Waals surface area contributed by atoms with E-state index in [9.17, 15) is 13.2 Å². The smallest absolute Gasteiger partial charge is 0.257 e. The monoisotopic (exact) mass is 376 g/mol. The number of carbonyl (C=O) groups is 1. The molecule has 2 aliphatic rings. The first-order chi connectivity index (χ1) is 12.5. The van der Waals surface area contributed by atoms with Crippen molar-refractivity contribution in [2.75, 3.05) is 19.7 Å². The van der Waals surface area contributed by atoms with Crippen LogP contribution in [0.25, 0.3) is 0 Å². The summed E-state index contributed by atoms with van der Waals surface area (Å²) in [5.41, 5.74) is 1.44. The number of furan rings is 1. The molecule has 1 aromatic heterocycles. The molecule has 0 spiro atoms. The van der Waals surface area contributed by atoms with Gasteiger partial charge in [-0.3, -0.25) is 4.79 Å². The van der Waals surface area contributed by atoms with E-state index in [-0.39, 0.29) is 16.8 Å². The van der Waals surface area contributed by atoms with Crippen molar-refractivity contribution in [3.8, 4) is 5.75 Å². The van der Waals surface area contributed by atoms with Gasteiger partial charge in [-0.1, -0.05) is 0 Å². The Morgan fingerprint density at radius 2 is 2.00 bits per heavy atom. The van der Waals surface area contributed by atoms with Gasteiger partial charge in [0.05, 0.1) is 23.3 Å². The minimum atomic E-state index is -3.59. The fourth-order valence-corrected chi connectivity index (χ4v) is 4.74. The van der Waals surface area contributed by atoms with Crippen LogP contribution in [0.4, 0.5) is 0 Å². The summed E-state index contributed by atoms with van der Waals surface area (Å²) in [6, 6.07) is 6.42. The Labute approximate surface area is 152 Å². The molecule has 2 aliphatic heterocycles. The first-order valence-corrected chi connectivity index (χ1v) is 10.1. The Bertz CT molecular complexity index is 900. The number of fused-ring (bicyclic) bond motifs is 1. The highest BCUT2D eigenvalue weighted by Gasteiger charge is 2.28. The molecule has 0 radical (unpaired) electrons. The maximum Gasteiger partial charge on any atom is 0.257 e. The normalized spacial score (nSPS) is 17.8. The SMILES string of the molecule is O=C(c1ccoc1)N1CCC(NS(=O)(=O)c2ccc3c(c2)CCO3)CC1. The van der Waals surface area contributed by atoms with Crippen molar-refractivity contribution in [2.24, 2.45) is 0 Å². The summed E-state index contributed by atoms with van der Waals surface area (Å²) >= 11 is 0. The maximum atomic E-state index is 12.7. The van der Waals surface area contributed by atoms with E-state index in [1.54, 1.807) is 29.2 Å². The number of ether oxygens (including phenoxy) is 1. The Kier molecular flexibility index (Phi) is 4.46. The summed E-state index contributed by atoms with van der Waals surface area (Å²) in [7, 11) is -3.59. The van der Waals surface area contributed by atoms with Crippen molar-refractivity contribution in [2.45, 2.75) is 30.2 Å². The summed E-state index contributed by atoms with van der Waals surface area (Å²) in [5.74, 6) is 0.675. The predicted molar refractivity (Wildman–Crippen MR) is 93.6 cm³/mol. The number of likely N-dealkylation sites (tertiary alicyclic amines) is 1. The van der Waals surface area contributed by atoms with Crippen LogP contribution in [0.15, 0.2) is 46.1 Å². The number of piperidine rings is 1. The molecule has 1 saturated heterocycles. The van der Waals surface area contributed by atoms with Crippen LogP contribution >= 0.6 is 0 Å². The molecule has 1 N–H and O–H groups in total. The zero-order chi connectivity index (χ0) is 18.1. The number of nitrogens with one attached hydrogen (secondary N) is 1. The van der Waals surface area contributed by atoms with E-state index in [2.05, 4.69) is 4.72 Å². The lowest BCUT2D eigenvalue weighted by molar-refractivity contribution is 0.0710. The molecule has 0 bridgehead atoms. The van der Waals surface area contributed by atoms with Gasteiger partial charge in [-0.25, -0.2) is 13.1 Å². The molecule has 0 atom stereocenters. The summed E-state index contributed by atoms with van der Waals surface area (Å²) < 4.78 is 38.5. The fraction of sp³-hybridized carbons (Fsp3) is 0.389. The zero-order valence-electron chi connectivity index (χ0n) is 14.2. The lowest BCUT2D eigenvalue weighted by Gasteiger charge is -2.32. The van der Waals surface area contributed by atoms with Gasteiger partial charge in [0, 0.05) is 25.6 Å². The van der Waals surface area contributed by atoms with Crippen molar-refractivity contribution in [1.82, 2.24) is 9.62 Å². The Morgan fingerprint density at radius 1 is 1.19 bits per heavy atom. The quantitative estimate of drug-likeness (QED) is 0.879. The molecular formula is C18H20N2O5S. The largest absolute Gasteiger partial charge is 0.493 e. The van der Waals surface area contributed by atoms with Gasteiger partial charge >= 0.3 is 0 Å². The van der Waals surface area contributed by atoms with Crippen LogP contribution in [-0.4, -0.2) is 45.0 Å². The number of nitrogens with zero attached hydrogens (tertiary/aromatic N) is 1. The number of rotatable bonds is 4. The van der Waals surface area contributed by atoms with E-state index >= 15 is 0 Å². The molecule has 138 valence electrons. The molecule has 2 aromatic rings. The zero-order valence-corrected chi connectivity index (χ0v) is 15.0. The summed E-state index contributed by atoms with van der Waals surface area (Å²) in [6.45, 7) is 1.61. The molecule has 0 unspecified atom stereocenters. The van der Waals surface area contributed by atoms with Crippen LogP contribution in [0, 0.1) is 0 Å². The van der Waals surface area contributed by atoms with E-state index in [1.165, 1.54) is 12.5 Å². The first-order valence-electron chi connectivity index (χ1n) is 8.62. The van der Waals surface area contributed by atoms with Crippen molar-refractivity contribution in [3.63, 3.8) is 0 Å². The van der Waals surface area contributed by atoms with Crippen LogP contribution in [0.5, 0.6) is 5.75 Å². The second kappa shape index (κ2) is 6.77. The van der Waals surface area contributed by atoms with Crippen LogP contribution in [0.1, 0.15) is 28.8 Å². The third kappa shape index (κ3) is 3.34. The molecule has 7 nitrogen and oxygen atoms in total. The second-order valence-corrected chi connectivity index (χ2v) is 8.28. The molecule has 1 amide bonds. The van der Waals surface area contributed by atoms with Gasteiger partial charge in [0.25, 0.3) is 5.91 Å². The number of hydrogen-bond donors (Lipinski definition) is 1. The van der Waals surface area contributed by atoms with Crippen LogP contribution in [0.2, 0.25) is 0 Å². The van der Waals surface area contributed by atoms with Crippen LogP contribution in [0.3, 0.4) is 0 Å². The molecule has 0 aliphatic carbocycles. The van der Waals surface area contributed by atoms with Crippen molar-refractivity contribution >= 4 is 15.9 Å². The van der Waals surface area contributed by atoms with Gasteiger partial charge in [0.15, 0.2) is 0 Å². The number of sulfonamides is 1. The summed E-state index contributed by atoms with van der Waals surface area (Å²) in [6.07, 6.45) is 4.78. The molecule has 1 fully saturated rings. The molecule has 3 heterocycles. The number of benzene rings is 1. The molecule has 8 heteroatoms. The van der Waals surface area contributed by atoms with Crippen LogP contribution in [-0.2, 0) is 16.4 Å². The molecule has 1 aromatic carbocycles. The van der Waals surface area contributed by atoms with Gasteiger partial charge in [-0.2, -0.15) is 0 Å². The van der Waals surface area contributed by atoms with Gasteiger partial charge in [0.1, 0.15) is 12.0 Å². The fourth-order valence-electron chi connectivity index (χ4n) is 3.39. The highest BCUT2D eigenvalue weighted by molar-refractivity contribution is 7.89. The second-order valence-electron chi connectivity index (χ2n) is 6.57. The first kappa shape index (κ1) is 17.1. The Hall–Kier alpha value is -2.32. The number of hydrogen-bond acceptors (Lipinski definition) is 5. The Balaban J connectivity index is 1.38. The van der Waals surface area contributed by atoms with E-state index in [1.807, 2.05) is 0 Å². The number of amides is 1. The Morgan fingerprint density at radius 3 is 2.73 bits per heavy atom. The lowest BCUT2D eigenvalue weighted by Crippen LogP contribution is -2.46. The third-order valence-electron chi connectivity index (χ3n) is 4.84. The lowest BCUT2D eigenvalue weighted by atomic mass is 10.1. The maximum absolute atomic E-state index is 12.7. The third-order valence-corrected chi connectivity index (χ3v) is 6.36. The molecular weight excluding hydrogens is 356 g/mol. The highest BCUT2D eigenvalue weighted by atomic mass is 32.2. The van der Waals surface area contributed by atoms with E-state index < -0.39 is 10.0 Å². The van der Waals surface area contributed by atoms with E-state index in [0.717, 1.165) is 17.7 Å². The van der Waals surface area contributed by atoms with Gasteiger partial charge < -0.3 is 14.1 Å². The van der Waals surface area contributed by atoms with Crippen molar-refractivity contribution < 1.29 is 22.4 Å². The van der Waals surface area contributed by atoms with Gasteiger partial charge in [-0.15, -0.1) is 0 Å². The summed E-state index contributed by atoms with van der Waals surface area (Å²) in [4.78, 5) is 14.3. The number of carbonyl (C=O) groups excluding carboxylic acids is 1. The topological polar surface area (TPSA) is 88.9 Å². The van der Waals surface area contributed by atoms with Crippen molar-refractivity contribution in [3.05, 3.63) is 47.9 Å². The summed E-state index contributed by atoms with van der Waals surface area (Å²) in [5, 5.41) is 0. The average molecular weight is 376 g/mol. The minimum Gasteiger partial charge on any atom is -0.493 e. The molecule has 26 heavy (non-hydrogen) atoms. The minimum absolute atomic E-state index is 0.0846. The highest BCUT2D eigenvalue weighted by Crippen LogP contribution is 2.28. The molecule has 4 rings (SSSR count).